The second-order valence-electron chi connectivity index (χ2n) is 6.29. The average molecular weight is 340 g/mol. The number of methoxy groups -OCH3 is 2. The Kier molecular flexibility index (Phi) is 5.61. The van der Waals surface area contributed by atoms with Crippen molar-refractivity contribution >= 4 is 0 Å². The van der Waals surface area contributed by atoms with Crippen LogP contribution in [0.3, 0.4) is 0 Å². The molecule has 0 amide bonds. The summed E-state index contributed by atoms with van der Waals surface area (Å²) in [7, 11) is 3.37. The van der Waals surface area contributed by atoms with Crippen LogP contribution in [0, 0.1) is 0 Å². The minimum absolute atomic E-state index is 0.534. The van der Waals surface area contributed by atoms with E-state index in [2.05, 4.69) is 30.8 Å². The molecule has 2 aromatic rings. The van der Waals surface area contributed by atoms with E-state index in [-0.39, 0.29) is 0 Å². The third-order valence-electron chi connectivity index (χ3n) is 4.66. The molecule has 1 aliphatic heterocycles. The van der Waals surface area contributed by atoms with E-state index in [1.54, 1.807) is 20.3 Å². The standard InChI is InChI=1S/C21H25NO3/c1-4-11-25-19-8-6-5-7-17(19)14-22-10-9-16-12-20(23-2)21(24-3)13-18(16)15-22/h4-8,12-13H,1,9-11,14-15H2,2-3H3/p+1. The molecule has 2 aromatic carbocycles. The summed E-state index contributed by atoms with van der Waals surface area (Å²) < 4.78 is 16.7. The third kappa shape index (κ3) is 3.97. The number of hydrogen-bond acceptors (Lipinski definition) is 3. The zero-order chi connectivity index (χ0) is 17.6. The van der Waals surface area contributed by atoms with Gasteiger partial charge in [0.25, 0.3) is 0 Å². The van der Waals surface area contributed by atoms with E-state index in [0.717, 1.165) is 43.3 Å². The number of quaternary nitrogens is 1. The molecule has 4 nitrogen and oxygen atoms in total. The van der Waals surface area contributed by atoms with E-state index >= 15 is 0 Å². The highest BCUT2D eigenvalue weighted by atomic mass is 16.5. The predicted molar refractivity (Wildman–Crippen MR) is 98.6 cm³/mol. The van der Waals surface area contributed by atoms with Crippen molar-refractivity contribution in [2.45, 2.75) is 19.5 Å². The minimum Gasteiger partial charge on any atom is -0.493 e. The lowest BCUT2D eigenvalue weighted by atomic mass is 9.98. The first kappa shape index (κ1) is 17.4. The van der Waals surface area contributed by atoms with Crippen molar-refractivity contribution in [3.05, 3.63) is 65.7 Å². The normalized spacial score (nSPS) is 16.0. The first-order chi connectivity index (χ1) is 12.2. The molecule has 0 spiro atoms. The summed E-state index contributed by atoms with van der Waals surface area (Å²) in [5, 5.41) is 0. The highest BCUT2D eigenvalue weighted by Crippen LogP contribution is 2.31. The molecule has 0 radical (unpaired) electrons. The van der Waals surface area contributed by atoms with Crippen LogP contribution in [0.2, 0.25) is 0 Å². The Morgan fingerprint density at radius 1 is 1.04 bits per heavy atom. The molecule has 0 bridgehead atoms. The molecule has 25 heavy (non-hydrogen) atoms. The van der Waals surface area contributed by atoms with Gasteiger partial charge in [-0.15, -0.1) is 0 Å². The molecule has 1 unspecified atom stereocenters. The second kappa shape index (κ2) is 8.08. The Morgan fingerprint density at radius 2 is 1.76 bits per heavy atom. The van der Waals surface area contributed by atoms with Crippen LogP contribution in [-0.2, 0) is 19.5 Å². The summed E-state index contributed by atoms with van der Waals surface area (Å²) in [6, 6.07) is 12.5. The van der Waals surface area contributed by atoms with Gasteiger partial charge in [-0.1, -0.05) is 24.8 Å². The van der Waals surface area contributed by atoms with Crippen LogP contribution in [0.25, 0.3) is 0 Å². The quantitative estimate of drug-likeness (QED) is 0.786. The Balaban J connectivity index is 1.76. The van der Waals surface area contributed by atoms with E-state index in [1.165, 1.54) is 21.6 Å². The van der Waals surface area contributed by atoms with Crippen molar-refractivity contribution in [2.24, 2.45) is 0 Å². The van der Waals surface area contributed by atoms with E-state index in [1.807, 2.05) is 12.1 Å². The number of para-hydroxylation sites is 1. The Bertz CT molecular complexity index is 742. The highest BCUT2D eigenvalue weighted by Gasteiger charge is 2.23. The topological polar surface area (TPSA) is 32.1 Å². The van der Waals surface area contributed by atoms with Crippen molar-refractivity contribution in [1.29, 1.82) is 0 Å². The number of hydrogen-bond donors (Lipinski definition) is 1. The van der Waals surface area contributed by atoms with Crippen LogP contribution in [0.15, 0.2) is 49.1 Å². The fourth-order valence-corrected chi connectivity index (χ4v) is 3.39. The maximum Gasteiger partial charge on any atom is 0.161 e. The molecular weight excluding hydrogens is 314 g/mol. The van der Waals surface area contributed by atoms with Crippen LogP contribution < -0.4 is 19.1 Å². The van der Waals surface area contributed by atoms with E-state index < -0.39 is 0 Å². The molecule has 1 N–H and O–H groups in total. The van der Waals surface area contributed by atoms with Gasteiger partial charge in [-0.3, -0.25) is 0 Å². The molecule has 0 saturated carbocycles. The second-order valence-corrected chi connectivity index (χ2v) is 6.29. The van der Waals surface area contributed by atoms with Gasteiger partial charge in [0, 0.05) is 17.5 Å². The van der Waals surface area contributed by atoms with Gasteiger partial charge >= 0.3 is 0 Å². The molecule has 132 valence electrons. The molecule has 0 aromatic heterocycles. The summed E-state index contributed by atoms with van der Waals surface area (Å²) in [5.41, 5.74) is 3.93. The van der Waals surface area contributed by atoms with Gasteiger partial charge in [0.1, 0.15) is 25.4 Å². The van der Waals surface area contributed by atoms with Crippen molar-refractivity contribution in [1.82, 2.24) is 0 Å². The van der Waals surface area contributed by atoms with Gasteiger partial charge in [-0.05, 0) is 29.8 Å². The molecule has 3 rings (SSSR count). The van der Waals surface area contributed by atoms with Gasteiger partial charge in [-0.2, -0.15) is 0 Å². The largest absolute Gasteiger partial charge is 0.493 e. The van der Waals surface area contributed by atoms with E-state index in [0.29, 0.717) is 6.61 Å². The van der Waals surface area contributed by atoms with Crippen molar-refractivity contribution in [2.75, 3.05) is 27.4 Å². The number of fused-ring (bicyclic) bond motifs is 1. The molecule has 0 aliphatic carbocycles. The zero-order valence-corrected chi connectivity index (χ0v) is 15.0. The van der Waals surface area contributed by atoms with Gasteiger partial charge < -0.3 is 19.1 Å². The Hall–Kier alpha value is -2.46. The summed E-state index contributed by atoms with van der Waals surface area (Å²) in [6.45, 7) is 7.28. The zero-order valence-electron chi connectivity index (χ0n) is 15.0. The van der Waals surface area contributed by atoms with Crippen molar-refractivity contribution in [3.8, 4) is 17.2 Å². The van der Waals surface area contributed by atoms with Gasteiger partial charge in [0.15, 0.2) is 11.5 Å². The number of nitrogens with one attached hydrogen (secondary N) is 1. The number of rotatable bonds is 7. The number of benzene rings is 2. The fraction of sp³-hybridized carbons (Fsp3) is 0.333. The Morgan fingerprint density at radius 3 is 2.48 bits per heavy atom. The molecule has 1 heterocycles. The first-order valence-electron chi connectivity index (χ1n) is 8.64. The first-order valence-corrected chi connectivity index (χ1v) is 8.64. The lowest BCUT2D eigenvalue weighted by molar-refractivity contribution is -0.929. The van der Waals surface area contributed by atoms with Crippen LogP contribution >= 0.6 is 0 Å². The fourth-order valence-electron chi connectivity index (χ4n) is 3.39. The van der Waals surface area contributed by atoms with E-state index in [9.17, 15) is 0 Å². The Labute approximate surface area is 149 Å². The third-order valence-corrected chi connectivity index (χ3v) is 4.66. The monoisotopic (exact) mass is 340 g/mol. The molecule has 4 heteroatoms. The van der Waals surface area contributed by atoms with Gasteiger partial charge in [0.2, 0.25) is 0 Å². The number of ether oxygens (including phenoxy) is 3. The predicted octanol–water partition coefficient (Wildman–Crippen LogP) is 2.41. The van der Waals surface area contributed by atoms with Crippen LogP contribution in [-0.4, -0.2) is 27.4 Å². The molecule has 1 aliphatic rings. The smallest absolute Gasteiger partial charge is 0.161 e. The van der Waals surface area contributed by atoms with Crippen LogP contribution in [0.4, 0.5) is 0 Å². The van der Waals surface area contributed by atoms with Crippen LogP contribution in [0.5, 0.6) is 17.2 Å². The molecule has 0 saturated heterocycles. The SMILES string of the molecule is C=CCOc1ccccc1C[NH+]1CCc2cc(OC)c(OC)cc2C1. The highest BCUT2D eigenvalue weighted by molar-refractivity contribution is 5.47. The van der Waals surface area contributed by atoms with Gasteiger partial charge in [0.05, 0.1) is 20.8 Å². The lowest BCUT2D eigenvalue weighted by Crippen LogP contribution is -3.10. The van der Waals surface area contributed by atoms with Crippen molar-refractivity contribution < 1.29 is 19.1 Å². The molecule has 0 fully saturated rings. The molecular formula is C21H26NO3+. The summed E-state index contributed by atoms with van der Waals surface area (Å²) in [6.07, 6.45) is 2.82. The van der Waals surface area contributed by atoms with Gasteiger partial charge in [-0.25, -0.2) is 0 Å². The minimum atomic E-state index is 0.534. The van der Waals surface area contributed by atoms with Crippen molar-refractivity contribution in [3.63, 3.8) is 0 Å². The summed E-state index contributed by atoms with van der Waals surface area (Å²) in [5.74, 6) is 2.57. The maximum atomic E-state index is 5.80. The average Bonchev–Trinajstić information content (AvgIpc) is 2.66. The van der Waals surface area contributed by atoms with Crippen LogP contribution in [0.1, 0.15) is 16.7 Å². The maximum absolute atomic E-state index is 5.80. The van der Waals surface area contributed by atoms with E-state index in [4.69, 9.17) is 14.2 Å². The molecule has 1 atom stereocenters. The summed E-state index contributed by atoms with van der Waals surface area (Å²) in [4.78, 5) is 1.52. The summed E-state index contributed by atoms with van der Waals surface area (Å²) >= 11 is 0. The lowest BCUT2D eigenvalue weighted by Gasteiger charge is -2.27.